The van der Waals surface area contributed by atoms with Crippen molar-refractivity contribution in [2.75, 3.05) is 54.8 Å². The van der Waals surface area contributed by atoms with Crippen LogP contribution in [-0.2, 0) is 5.41 Å². The van der Waals surface area contributed by atoms with Gasteiger partial charge in [-0.05, 0) is 91.6 Å². The van der Waals surface area contributed by atoms with Crippen LogP contribution >= 0.6 is 0 Å². The predicted octanol–water partition coefficient (Wildman–Crippen LogP) is 7.45. The van der Waals surface area contributed by atoms with E-state index in [1.54, 1.807) is 4.90 Å². The van der Waals surface area contributed by atoms with Crippen molar-refractivity contribution in [3.8, 4) is 11.1 Å². The van der Waals surface area contributed by atoms with Gasteiger partial charge in [0.1, 0.15) is 5.82 Å². The van der Waals surface area contributed by atoms with Gasteiger partial charge in [-0.1, -0.05) is 68.1 Å². The van der Waals surface area contributed by atoms with E-state index in [2.05, 4.69) is 82.1 Å². The fourth-order valence-corrected chi connectivity index (χ4v) is 7.63. The number of nitrogens with two attached hydrogens (primary N) is 1. The number of rotatable bonds is 8. The lowest BCUT2D eigenvalue weighted by Crippen LogP contribution is -2.45. The maximum absolute atomic E-state index is 12.4. The van der Waals surface area contributed by atoms with Gasteiger partial charge in [-0.25, -0.2) is 9.78 Å². The second-order valence-corrected chi connectivity index (χ2v) is 14.2. The van der Waals surface area contributed by atoms with Gasteiger partial charge in [0.25, 0.3) is 0 Å². The highest BCUT2D eigenvalue weighted by molar-refractivity contribution is 6.13. The minimum atomic E-state index is -0.0929. The fourth-order valence-electron chi connectivity index (χ4n) is 7.63. The number of carbonyl (C=O) groups is 1. The second-order valence-electron chi connectivity index (χ2n) is 14.2. The highest BCUT2D eigenvalue weighted by Gasteiger charge is 2.33. The molecular weight excluding hydrogens is 606 g/mol. The van der Waals surface area contributed by atoms with Gasteiger partial charge in [0, 0.05) is 72.6 Å². The van der Waals surface area contributed by atoms with Crippen LogP contribution in [0.15, 0.2) is 103 Å². The first-order valence-corrected chi connectivity index (χ1v) is 17.6. The number of nitrogen functional groups attached to an aromatic ring is 1. The third-order valence-electron chi connectivity index (χ3n) is 10.9. The zero-order valence-corrected chi connectivity index (χ0v) is 28.5. The Bertz CT molecular complexity index is 1800. The molecule has 3 saturated heterocycles. The summed E-state index contributed by atoms with van der Waals surface area (Å²) in [6.07, 6.45) is 7.31. The van der Waals surface area contributed by atoms with Crippen LogP contribution in [0.25, 0.3) is 11.1 Å². The van der Waals surface area contributed by atoms with Crippen molar-refractivity contribution >= 4 is 28.9 Å². The molecule has 0 radical (unpaired) electrons. The Kier molecular flexibility index (Phi) is 9.23. The summed E-state index contributed by atoms with van der Waals surface area (Å²) in [5.74, 6) is 1.10. The van der Waals surface area contributed by atoms with Crippen LogP contribution in [0.1, 0.15) is 55.7 Å². The SMILES string of the molecule is C=C1CCN(c2ccc(N3CCC(CN4CCC(C)(c5ccc(-c6cnc(N)c(C(=N)c7ccccc7)c6)cc5)CC4)CC3)cc2)C(=O)N1. The van der Waals surface area contributed by atoms with Crippen LogP contribution in [0.2, 0.25) is 0 Å². The molecule has 0 spiro atoms. The molecule has 3 aromatic carbocycles. The van der Waals surface area contributed by atoms with Crippen molar-refractivity contribution in [2.24, 2.45) is 5.92 Å². The van der Waals surface area contributed by atoms with E-state index < -0.39 is 0 Å². The Hall–Kier alpha value is -4.95. The summed E-state index contributed by atoms with van der Waals surface area (Å²) in [7, 11) is 0. The van der Waals surface area contributed by atoms with Gasteiger partial charge < -0.3 is 20.9 Å². The number of carbonyl (C=O) groups excluding carboxylic acids is 1. The Morgan fingerprint density at radius 3 is 2.27 bits per heavy atom. The van der Waals surface area contributed by atoms with E-state index in [0.29, 0.717) is 23.6 Å². The van der Waals surface area contributed by atoms with Crippen LogP contribution < -0.4 is 20.9 Å². The molecule has 0 aliphatic carbocycles. The minimum absolute atomic E-state index is 0.0929. The van der Waals surface area contributed by atoms with Gasteiger partial charge in [0.2, 0.25) is 0 Å². The standard InChI is InChI=1S/C41H47N7O/c1-29-16-23-48(40(49)45-29)36-14-12-35(13-15-36)47-21-17-30(18-22-47)28-46-24-19-41(2,20-25-46)34-10-8-31(9-11-34)33-26-37(39(43)44-27-33)38(42)32-6-4-3-5-7-32/h3-15,26-27,30,42H,1,16-25,28H2,2H3,(H2,43,44)(H,45,49). The molecule has 3 aliphatic heterocycles. The quantitative estimate of drug-likeness (QED) is 0.172. The Morgan fingerprint density at radius 1 is 0.918 bits per heavy atom. The summed E-state index contributed by atoms with van der Waals surface area (Å²) < 4.78 is 0. The predicted molar refractivity (Wildman–Crippen MR) is 200 cm³/mol. The van der Waals surface area contributed by atoms with Crippen molar-refractivity contribution in [3.05, 3.63) is 120 Å². The lowest BCUT2D eigenvalue weighted by atomic mass is 9.74. The Morgan fingerprint density at radius 2 is 1.59 bits per heavy atom. The monoisotopic (exact) mass is 653 g/mol. The molecule has 0 unspecified atom stereocenters. The zero-order chi connectivity index (χ0) is 34.0. The summed E-state index contributed by atoms with van der Waals surface area (Å²) >= 11 is 0. The van der Waals surface area contributed by atoms with Gasteiger partial charge in [0.15, 0.2) is 0 Å². The van der Waals surface area contributed by atoms with Crippen LogP contribution in [0.3, 0.4) is 0 Å². The van der Waals surface area contributed by atoms with E-state index in [9.17, 15) is 4.79 Å². The van der Waals surface area contributed by atoms with Crippen LogP contribution in [-0.4, -0.2) is 60.9 Å². The van der Waals surface area contributed by atoms with Crippen molar-refractivity contribution in [1.82, 2.24) is 15.2 Å². The number of anilines is 3. The number of pyridine rings is 1. The molecular formula is C41H47N7O. The average Bonchev–Trinajstić information content (AvgIpc) is 3.13. The van der Waals surface area contributed by atoms with Gasteiger partial charge in [-0.15, -0.1) is 0 Å². The third kappa shape index (κ3) is 7.10. The molecule has 2 amide bonds. The first-order chi connectivity index (χ1) is 23.8. The largest absolute Gasteiger partial charge is 0.383 e. The molecule has 4 N–H and O–H groups in total. The number of nitrogens with zero attached hydrogens (tertiary/aromatic N) is 4. The smallest absolute Gasteiger partial charge is 0.326 e. The Labute approximate surface area is 290 Å². The number of hydrogen-bond acceptors (Lipinski definition) is 6. The van der Waals surface area contributed by atoms with Crippen molar-refractivity contribution < 1.29 is 4.79 Å². The molecule has 49 heavy (non-hydrogen) atoms. The van der Waals surface area contributed by atoms with Gasteiger partial charge in [-0.3, -0.25) is 10.3 Å². The molecule has 4 heterocycles. The van der Waals surface area contributed by atoms with Crippen molar-refractivity contribution in [2.45, 2.75) is 44.4 Å². The number of likely N-dealkylation sites (tertiary alicyclic amines) is 1. The molecule has 8 nitrogen and oxygen atoms in total. The molecule has 7 rings (SSSR count). The normalized spacial score (nSPS) is 18.7. The topological polar surface area (TPSA) is 102 Å². The molecule has 0 bridgehead atoms. The summed E-state index contributed by atoms with van der Waals surface area (Å²) in [5.41, 5.74) is 14.6. The molecule has 4 aromatic rings. The maximum Gasteiger partial charge on any atom is 0.326 e. The van der Waals surface area contributed by atoms with E-state index in [0.717, 1.165) is 79.4 Å². The number of aromatic nitrogens is 1. The summed E-state index contributed by atoms with van der Waals surface area (Å²) in [5, 5.41) is 11.6. The molecule has 1 aromatic heterocycles. The van der Waals surface area contributed by atoms with Gasteiger partial charge >= 0.3 is 6.03 Å². The minimum Gasteiger partial charge on any atom is -0.383 e. The molecule has 252 valence electrons. The van der Waals surface area contributed by atoms with Crippen LogP contribution in [0.5, 0.6) is 0 Å². The highest BCUT2D eigenvalue weighted by atomic mass is 16.2. The zero-order valence-electron chi connectivity index (χ0n) is 28.5. The molecule has 0 saturated carbocycles. The van der Waals surface area contributed by atoms with E-state index >= 15 is 0 Å². The van der Waals surface area contributed by atoms with Crippen LogP contribution in [0, 0.1) is 11.3 Å². The summed E-state index contributed by atoms with van der Waals surface area (Å²) in [6, 6.07) is 29.0. The number of nitrogens with one attached hydrogen (secondary N) is 2. The summed E-state index contributed by atoms with van der Waals surface area (Å²) in [6.45, 7) is 12.6. The van der Waals surface area contributed by atoms with E-state index in [1.165, 1.54) is 30.6 Å². The number of urea groups is 1. The number of piperidine rings is 2. The maximum atomic E-state index is 12.4. The molecule has 0 atom stereocenters. The molecule has 3 fully saturated rings. The lowest BCUT2D eigenvalue weighted by molar-refractivity contribution is 0.139. The Balaban J connectivity index is 0.901. The van der Waals surface area contributed by atoms with Gasteiger partial charge in [-0.2, -0.15) is 0 Å². The average molecular weight is 654 g/mol. The first-order valence-electron chi connectivity index (χ1n) is 17.6. The van der Waals surface area contributed by atoms with Crippen molar-refractivity contribution in [3.63, 3.8) is 0 Å². The van der Waals surface area contributed by atoms with E-state index in [-0.39, 0.29) is 11.4 Å². The highest BCUT2D eigenvalue weighted by Crippen LogP contribution is 2.37. The number of hydrogen-bond donors (Lipinski definition) is 3. The summed E-state index contributed by atoms with van der Waals surface area (Å²) in [4.78, 5) is 23.8. The molecule has 8 heteroatoms. The molecule has 3 aliphatic rings. The number of amides is 2. The van der Waals surface area contributed by atoms with E-state index in [1.807, 2.05) is 42.6 Å². The van der Waals surface area contributed by atoms with Crippen molar-refractivity contribution in [1.29, 1.82) is 5.41 Å². The third-order valence-corrected chi connectivity index (χ3v) is 10.9. The van der Waals surface area contributed by atoms with Crippen LogP contribution in [0.4, 0.5) is 22.0 Å². The second kappa shape index (κ2) is 13.9. The number of benzene rings is 3. The fraction of sp³-hybridized carbons (Fsp3) is 0.341. The van der Waals surface area contributed by atoms with Gasteiger partial charge in [0.05, 0.1) is 5.71 Å². The lowest BCUT2D eigenvalue weighted by Gasteiger charge is -2.42. The first kappa shape index (κ1) is 32.6. The van der Waals surface area contributed by atoms with E-state index in [4.69, 9.17) is 11.1 Å².